The van der Waals surface area contributed by atoms with Gasteiger partial charge >= 0.3 is 5.97 Å². The first-order valence-corrected chi connectivity index (χ1v) is 8.87. The molecule has 0 radical (unpaired) electrons. The smallest absolute Gasteiger partial charge is 0.323 e. The number of carbonyl (C=O) groups excluding carboxylic acids is 3. The lowest BCUT2D eigenvalue weighted by atomic mass is 9.85. The molecule has 2 aromatic rings. The number of amides is 2. The Labute approximate surface area is 157 Å². The lowest BCUT2D eigenvalue weighted by Crippen LogP contribution is -2.43. The molecule has 6 heteroatoms. The highest BCUT2D eigenvalue weighted by molar-refractivity contribution is 6.23. The Balaban J connectivity index is 1.80. The topological polar surface area (TPSA) is 75.7 Å². The molecule has 2 aromatic carbocycles. The number of imide groups is 1. The number of para-hydroxylation sites is 1. The van der Waals surface area contributed by atoms with Crippen LogP contribution in [-0.2, 0) is 19.1 Å². The van der Waals surface area contributed by atoms with Gasteiger partial charge in [0.1, 0.15) is 6.04 Å². The van der Waals surface area contributed by atoms with Crippen LogP contribution in [0, 0.1) is 18.8 Å². The summed E-state index contributed by atoms with van der Waals surface area (Å²) in [6, 6.07) is 15.2. The summed E-state index contributed by atoms with van der Waals surface area (Å²) in [6.07, 6.45) is 0. The molecule has 4 atom stereocenters. The van der Waals surface area contributed by atoms with E-state index >= 15 is 0 Å². The third kappa shape index (κ3) is 2.64. The molecular formula is C21H20N2O4. The van der Waals surface area contributed by atoms with E-state index in [1.54, 1.807) is 24.3 Å². The molecule has 0 aliphatic carbocycles. The summed E-state index contributed by atoms with van der Waals surface area (Å²) in [7, 11) is 1.29. The number of nitrogens with zero attached hydrogens (tertiary/aromatic N) is 1. The van der Waals surface area contributed by atoms with Crippen molar-refractivity contribution in [1.82, 2.24) is 5.32 Å². The van der Waals surface area contributed by atoms with Gasteiger partial charge in [0.2, 0.25) is 11.8 Å². The lowest BCUT2D eigenvalue weighted by molar-refractivity contribution is -0.145. The van der Waals surface area contributed by atoms with Crippen molar-refractivity contribution in [1.29, 1.82) is 0 Å². The minimum atomic E-state index is -0.852. The van der Waals surface area contributed by atoms with Gasteiger partial charge in [-0.1, -0.05) is 42.5 Å². The number of fused-ring (bicyclic) bond motifs is 1. The zero-order valence-electron chi connectivity index (χ0n) is 15.1. The van der Waals surface area contributed by atoms with Crippen LogP contribution >= 0.6 is 0 Å². The first-order valence-electron chi connectivity index (χ1n) is 8.87. The fraction of sp³-hybridized carbons (Fsp3) is 0.286. The molecular weight excluding hydrogens is 344 g/mol. The molecule has 27 heavy (non-hydrogen) atoms. The number of nitrogens with one attached hydrogen (secondary N) is 1. The van der Waals surface area contributed by atoms with Gasteiger partial charge in [0.05, 0.1) is 24.6 Å². The van der Waals surface area contributed by atoms with E-state index in [0.717, 1.165) is 11.1 Å². The first kappa shape index (κ1) is 17.4. The van der Waals surface area contributed by atoms with Crippen molar-refractivity contribution in [3.05, 3.63) is 65.7 Å². The number of rotatable bonds is 3. The summed E-state index contributed by atoms with van der Waals surface area (Å²) in [6.45, 7) is 1.95. The first-order chi connectivity index (χ1) is 13.0. The summed E-state index contributed by atoms with van der Waals surface area (Å²) in [5.74, 6) is -2.62. The van der Waals surface area contributed by atoms with Gasteiger partial charge in [0, 0.05) is 6.04 Å². The Morgan fingerprint density at radius 1 is 0.963 bits per heavy atom. The highest BCUT2D eigenvalue weighted by Gasteiger charge is 2.61. The molecule has 2 amide bonds. The summed E-state index contributed by atoms with van der Waals surface area (Å²) in [4.78, 5) is 40.0. The molecule has 138 valence electrons. The molecule has 6 nitrogen and oxygen atoms in total. The Kier molecular flexibility index (Phi) is 4.28. The molecule has 2 saturated heterocycles. The van der Waals surface area contributed by atoms with Crippen LogP contribution in [0.3, 0.4) is 0 Å². The van der Waals surface area contributed by atoms with Gasteiger partial charge in [0.15, 0.2) is 0 Å². The van der Waals surface area contributed by atoms with Crippen molar-refractivity contribution < 1.29 is 19.1 Å². The molecule has 0 spiro atoms. The third-order valence-electron chi connectivity index (χ3n) is 5.47. The van der Waals surface area contributed by atoms with Gasteiger partial charge in [0.25, 0.3) is 0 Å². The van der Waals surface area contributed by atoms with Crippen LogP contribution in [0.25, 0.3) is 0 Å². The SMILES string of the molecule is COC(=O)[C@@H]1N[C@H](c2ccccc2C)[C@@H]2C(=O)N(c3ccccc3)C(=O)[C@@H]21. The molecule has 1 N–H and O–H groups in total. The zero-order chi connectivity index (χ0) is 19.1. The molecule has 2 aliphatic heterocycles. The second kappa shape index (κ2) is 6.63. The predicted molar refractivity (Wildman–Crippen MR) is 98.8 cm³/mol. The number of methoxy groups -OCH3 is 1. The van der Waals surface area contributed by atoms with Gasteiger partial charge in [-0.3, -0.25) is 19.7 Å². The van der Waals surface area contributed by atoms with Gasteiger partial charge < -0.3 is 4.74 Å². The number of benzene rings is 2. The van der Waals surface area contributed by atoms with E-state index in [1.807, 2.05) is 37.3 Å². The van der Waals surface area contributed by atoms with E-state index in [9.17, 15) is 14.4 Å². The number of anilines is 1. The molecule has 0 aromatic heterocycles. The van der Waals surface area contributed by atoms with Crippen LogP contribution in [0.1, 0.15) is 17.2 Å². The monoisotopic (exact) mass is 364 g/mol. The second-order valence-corrected chi connectivity index (χ2v) is 6.90. The summed E-state index contributed by atoms with van der Waals surface area (Å²) >= 11 is 0. The van der Waals surface area contributed by atoms with Crippen molar-refractivity contribution in [3.63, 3.8) is 0 Å². The maximum atomic E-state index is 13.3. The number of hydrogen-bond acceptors (Lipinski definition) is 5. The second-order valence-electron chi connectivity index (χ2n) is 6.90. The zero-order valence-corrected chi connectivity index (χ0v) is 15.1. The average molecular weight is 364 g/mol. The standard InChI is InChI=1S/C21H20N2O4/c1-12-8-6-7-11-14(12)17-15-16(18(22-17)21(26)27-2)20(25)23(19(15)24)13-9-4-3-5-10-13/h3-11,15-18,22H,1-2H3/t15-,16+,17-,18-/m1/s1. The van der Waals surface area contributed by atoms with Crippen molar-refractivity contribution >= 4 is 23.5 Å². The van der Waals surface area contributed by atoms with E-state index in [1.165, 1.54) is 12.0 Å². The Morgan fingerprint density at radius 3 is 2.26 bits per heavy atom. The number of aryl methyl sites for hydroxylation is 1. The largest absolute Gasteiger partial charge is 0.468 e. The van der Waals surface area contributed by atoms with E-state index in [2.05, 4.69) is 5.32 Å². The Morgan fingerprint density at radius 2 is 1.59 bits per heavy atom. The summed E-state index contributed by atoms with van der Waals surface area (Å²) in [5.41, 5.74) is 2.43. The molecule has 0 bridgehead atoms. The van der Waals surface area contributed by atoms with Gasteiger partial charge in [-0.2, -0.15) is 0 Å². The molecule has 2 aliphatic rings. The van der Waals surface area contributed by atoms with Crippen LogP contribution in [0.15, 0.2) is 54.6 Å². The van der Waals surface area contributed by atoms with Crippen LogP contribution in [0.5, 0.6) is 0 Å². The highest BCUT2D eigenvalue weighted by atomic mass is 16.5. The average Bonchev–Trinajstić information content (AvgIpc) is 3.19. The number of ether oxygens (including phenoxy) is 1. The minimum absolute atomic E-state index is 0.289. The number of esters is 1. The maximum absolute atomic E-state index is 13.3. The van der Waals surface area contributed by atoms with Crippen LogP contribution in [0.4, 0.5) is 5.69 Å². The predicted octanol–water partition coefficient (Wildman–Crippen LogP) is 1.99. The fourth-order valence-corrected chi connectivity index (χ4v) is 4.21. The van der Waals surface area contributed by atoms with Gasteiger partial charge in [-0.15, -0.1) is 0 Å². The molecule has 0 saturated carbocycles. The summed E-state index contributed by atoms with van der Waals surface area (Å²) < 4.78 is 4.90. The fourth-order valence-electron chi connectivity index (χ4n) is 4.21. The Bertz CT molecular complexity index is 911. The molecule has 4 rings (SSSR count). The van der Waals surface area contributed by atoms with Gasteiger partial charge in [-0.05, 0) is 30.2 Å². The number of hydrogen-bond donors (Lipinski definition) is 1. The normalized spacial score (nSPS) is 27.0. The Hall–Kier alpha value is -2.99. The van der Waals surface area contributed by atoms with Gasteiger partial charge in [-0.25, -0.2) is 4.90 Å². The van der Waals surface area contributed by atoms with Crippen LogP contribution < -0.4 is 10.2 Å². The van der Waals surface area contributed by atoms with Crippen molar-refractivity contribution in [2.45, 2.75) is 19.0 Å². The van der Waals surface area contributed by atoms with Crippen LogP contribution in [0.2, 0.25) is 0 Å². The van der Waals surface area contributed by atoms with E-state index in [0.29, 0.717) is 5.69 Å². The lowest BCUT2D eigenvalue weighted by Gasteiger charge is -2.22. The molecule has 0 unspecified atom stereocenters. The minimum Gasteiger partial charge on any atom is -0.468 e. The molecule has 2 heterocycles. The van der Waals surface area contributed by atoms with E-state index < -0.39 is 29.9 Å². The van der Waals surface area contributed by atoms with Crippen molar-refractivity contribution in [2.24, 2.45) is 11.8 Å². The van der Waals surface area contributed by atoms with E-state index in [-0.39, 0.29) is 11.8 Å². The highest BCUT2D eigenvalue weighted by Crippen LogP contribution is 2.46. The third-order valence-corrected chi connectivity index (χ3v) is 5.47. The molecule has 2 fully saturated rings. The van der Waals surface area contributed by atoms with Crippen molar-refractivity contribution in [2.75, 3.05) is 12.0 Å². The van der Waals surface area contributed by atoms with Crippen molar-refractivity contribution in [3.8, 4) is 0 Å². The summed E-state index contributed by atoms with van der Waals surface area (Å²) in [5, 5.41) is 3.19. The van der Waals surface area contributed by atoms with Crippen LogP contribution in [-0.4, -0.2) is 30.9 Å². The quantitative estimate of drug-likeness (QED) is 0.666. The number of carbonyl (C=O) groups is 3. The van der Waals surface area contributed by atoms with E-state index in [4.69, 9.17) is 4.74 Å². The maximum Gasteiger partial charge on any atom is 0.323 e.